The number of alkyl halides is 7. The molecule has 0 spiro atoms. The minimum absolute atomic E-state index is 0.193. The van der Waals surface area contributed by atoms with Crippen LogP contribution in [0.5, 0.6) is 0 Å². The van der Waals surface area contributed by atoms with E-state index in [-0.39, 0.29) is 19.6 Å². The van der Waals surface area contributed by atoms with Crippen LogP contribution in [0.4, 0.5) is 30.7 Å². The molecule has 13 heteroatoms. The first-order valence-electron chi connectivity index (χ1n) is 9.46. The fraction of sp³-hybridized carbons (Fsp3) is 0.474. The number of carbonyl (C=O) groups excluding carboxylic acids is 1. The maximum absolute atomic E-state index is 13.2. The van der Waals surface area contributed by atoms with Gasteiger partial charge in [-0.2, -0.15) is 18.3 Å². The molecular weight excluding hydrogens is 469 g/mol. The van der Waals surface area contributed by atoms with Gasteiger partial charge < -0.3 is 4.90 Å². The van der Waals surface area contributed by atoms with Gasteiger partial charge in [0.2, 0.25) is 5.91 Å². The van der Waals surface area contributed by atoms with Crippen molar-refractivity contribution in [1.29, 1.82) is 0 Å². The van der Waals surface area contributed by atoms with Crippen molar-refractivity contribution in [3.8, 4) is 0 Å². The molecule has 2 heterocycles. The minimum Gasteiger partial charge on any atom is -0.339 e. The zero-order valence-corrected chi connectivity index (χ0v) is 17.2. The number of benzene rings is 1. The number of rotatable bonds is 6. The fourth-order valence-electron chi connectivity index (χ4n) is 3.43. The summed E-state index contributed by atoms with van der Waals surface area (Å²) in [6.45, 7) is 0.627. The van der Waals surface area contributed by atoms with E-state index in [0.29, 0.717) is 23.3 Å². The number of aromatic nitrogens is 2. The summed E-state index contributed by atoms with van der Waals surface area (Å²) in [4.78, 5) is 15.7. The molecule has 0 saturated carbocycles. The Hall–Kier alpha value is -2.34. The van der Waals surface area contributed by atoms with Crippen molar-refractivity contribution in [2.45, 2.75) is 32.1 Å². The van der Waals surface area contributed by atoms with Gasteiger partial charge in [0.1, 0.15) is 17.9 Å². The van der Waals surface area contributed by atoms with Gasteiger partial charge in [0.25, 0.3) is 12.9 Å². The molecule has 0 atom stereocenters. The van der Waals surface area contributed by atoms with Crippen LogP contribution in [0.25, 0.3) is 0 Å². The third kappa shape index (κ3) is 5.52. The van der Waals surface area contributed by atoms with Crippen LogP contribution < -0.4 is 0 Å². The highest BCUT2D eigenvalue weighted by atomic mass is 35.5. The number of nitrogens with zero attached hydrogens (tertiary/aromatic N) is 4. The van der Waals surface area contributed by atoms with Gasteiger partial charge in [0, 0.05) is 32.7 Å². The largest absolute Gasteiger partial charge is 0.416 e. The minimum atomic E-state index is -4.45. The summed E-state index contributed by atoms with van der Waals surface area (Å²) in [5.41, 5.74) is -2.24. The van der Waals surface area contributed by atoms with Crippen LogP contribution in [-0.2, 0) is 24.1 Å². The van der Waals surface area contributed by atoms with Crippen molar-refractivity contribution in [2.75, 3.05) is 26.2 Å². The second kappa shape index (κ2) is 9.65. The Balaban J connectivity index is 1.60. The van der Waals surface area contributed by atoms with Crippen LogP contribution >= 0.6 is 11.6 Å². The van der Waals surface area contributed by atoms with Crippen molar-refractivity contribution in [3.05, 3.63) is 51.8 Å². The average molecular weight is 487 g/mol. The third-order valence-corrected chi connectivity index (χ3v) is 5.43. The molecule has 0 aliphatic carbocycles. The molecule has 5 nitrogen and oxygen atoms in total. The molecule has 1 aromatic carbocycles. The highest BCUT2D eigenvalue weighted by Gasteiger charge is 2.32. The predicted octanol–water partition coefficient (Wildman–Crippen LogP) is 4.77. The molecule has 1 aliphatic rings. The number of halogens is 8. The van der Waals surface area contributed by atoms with E-state index in [2.05, 4.69) is 5.10 Å². The van der Waals surface area contributed by atoms with E-state index >= 15 is 0 Å². The summed E-state index contributed by atoms with van der Waals surface area (Å²) in [6.07, 6.45) is -10.8. The van der Waals surface area contributed by atoms with E-state index in [9.17, 15) is 35.5 Å². The molecule has 2 aromatic rings. The monoisotopic (exact) mass is 486 g/mol. The lowest BCUT2D eigenvalue weighted by atomic mass is 10.1. The highest BCUT2D eigenvalue weighted by molar-refractivity contribution is 6.32. The second-order valence-electron chi connectivity index (χ2n) is 7.20. The van der Waals surface area contributed by atoms with Gasteiger partial charge in [-0.05, 0) is 11.6 Å². The van der Waals surface area contributed by atoms with Crippen molar-refractivity contribution in [1.82, 2.24) is 19.6 Å². The summed E-state index contributed by atoms with van der Waals surface area (Å²) in [5, 5.41) is 2.50. The van der Waals surface area contributed by atoms with E-state index in [4.69, 9.17) is 11.6 Å². The molecule has 0 radical (unpaired) electrons. The summed E-state index contributed by atoms with van der Waals surface area (Å²) < 4.78 is 91.3. The van der Waals surface area contributed by atoms with Crippen LogP contribution in [0.3, 0.4) is 0 Å². The fourth-order valence-corrected chi connectivity index (χ4v) is 3.73. The SMILES string of the molecule is O=C(Cn1nc(C(F)F)c(Cl)c1C(F)F)N1CCN(Cc2cccc(C(F)(F)F)c2)CC1. The Morgan fingerprint density at radius 1 is 1.06 bits per heavy atom. The van der Waals surface area contributed by atoms with E-state index in [1.165, 1.54) is 11.0 Å². The van der Waals surface area contributed by atoms with E-state index < -0.39 is 53.5 Å². The van der Waals surface area contributed by atoms with Gasteiger partial charge in [0.15, 0.2) is 0 Å². The number of amides is 1. The quantitative estimate of drug-likeness (QED) is 0.552. The molecule has 1 saturated heterocycles. The Morgan fingerprint density at radius 2 is 1.72 bits per heavy atom. The standard InChI is InChI=1S/C19H18ClF7N4O/c20-14-15(17(21)22)28-31(16(14)18(23)24)10-13(32)30-6-4-29(5-7-30)9-11-2-1-3-12(8-11)19(25,26)27/h1-3,8,17-18H,4-7,9-10H2. The topological polar surface area (TPSA) is 41.4 Å². The summed E-state index contributed by atoms with van der Waals surface area (Å²) in [5.74, 6) is -0.606. The molecule has 3 rings (SSSR count). The van der Waals surface area contributed by atoms with Gasteiger partial charge in [-0.3, -0.25) is 14.4 Å². The first-order chi connectivity index (χ1) is 15.0. The van der Waals surface area contributed by atoms with Gasteiger partial charge in [-0.25, -0.2) is 17.6 Å². The average Bonchev–Trinajstić information content (AvgIpc) is 3.04. The van der Waals surface area contributed by atoms with Gasteiger partial charge in [-0.1, -0.05) is 29.8 Å². The highest BCUT2D eigenvalue weighted by Crippen LogP contribution is 2.34. The predicted molar refractivity (Wildman–Crippen MR) is 100 cm³/mol. The van der Waals surface area contributed by atoms with Gasteiger partial charge in [-0.15, -0.1) is 0 Å². The molecule has 32 heavy (non-hydrogen) atoms. The molecule has 176 valence electrons. The zero-order valence-electron chi connectivity index (χ0n) is 16.4. The van der Waals surface area contributed by atoms with Crippen LogP contribution in [0.2, 0.25) is 5.02 Å². The summed E-state index contributed by atoms with van der Waals surface area (Å²) in [7, 11) is 0. The van der Waals surface area contributed by atoms with Crippen LogP contribution in [0, 0.1) is 0 Å². The van der Waals surface area contributed by atoms with Crippen LogP contribution in [-0.4, -0.2) is 51.7 Å². The van der Waals surface area contributed by atoms with Crippen molar-refractivity contribution in [2.24, 2.45) is 0 Å². The Bertz CT molecular complexity index is 956. The Morgan fingerprint density at radius 3 is 2.28 bits per heavy atom. The maximum Gasteiger partial charge on any atom is 0.416 e. The van der Waals surface area contributed by atoms with Gasteiger partial charge in [0.05, 0.1) is 10.6 Å². The molecule has 1 fully saturated rings. The Kier molecular flexibility index (Phi) is 7.33. The van der Waals surface area contributed by atoms with Crippen molar-refractivity contribution < 1.29 is 35.5 Å². The zero-order chi connectivity index (χ0) is 23.6. The smallest absolute Gasteiger partial charge is 0.339 e. The molecule has 1 aliphatic heterocycles. The lowest BCUT2D eigenvalue weighted by Gasteiger charge is -2.35. The molecule has 0 N–H and O–H groups in total. The number of hydrogen-bond acceptors (Lipinski definition) is 3. The second-order valence-corrected chi connectivity index (χ2v) is 7.58. The lowest BCUT2D eigenvalue weighted by molar-refractivity contribution is -0.138. The first-order valence-corrected chi connectivity index (χ1v) is 9.83. The number of carbonyl (C=O) groups is 1. The van der Waals surface area contributed by atoms with Crippen LogP contribution in [0.1, 0.15) is 35.4 Å². The number of piperazine rings is 1. The summed E-state index contributed by atoms with van der Waals surface area (Å²) >= 11 is 5.58. The normalized spacial score (nSPS) is 15.8. The van der Waals surface area contributed by atoms with E-state index in [0.717, 1.165) is 12.1 Å². The molecular formula is C19H18ClF7N4O. The van der Waals surface area contributed by atoms with Crippen molar-refractivity contribution >= 4 is 17.5 Å². The third-order valence-electron chi connectivity index (χ3n) is 5.04. The molecule has 1 amide bonds. The van der Waals surface area contributed by atoms with Gasteiger partial charge >= 0.3 is 6.18 Å². The van der Waals surface area contributed by atoms with E-state index in [1.54, 1.807) is 6.07 Å². The number of hydrogen-bond donors (Lipinski definition) is 0. The first kappa shape index (κ1) is 24.3. The van der Waals surface area contributed by atoms with Crippen molar-refractivity contribution in [3.63, 3.8) is 0 Å². The molecule has 0 bridgehead atoms. The molecule has 1 aromatic heterocycles. The van der Waals surface area contributed by atoms with E-state index in [1.807, 2.05) is 4.90 Å². The maximum atomic E-state index is 13.2. The Labute approximate surface area is 183 Å². The molecule has 0 unspecified atom stereocenters. The summed E-state index contributed by atoms with van der Waals surface area (Å²) in [6, 6.07) is 4.93. The van der Waals surface area contributed by atoms with Crippen LogP contribution in [0.15, 0.2) is 24.3 Å². The lowest BCUT2D eigenvalue weighted by Crippen LogP contribution is -2.49.